The van der Waals surface area contributed by atoms with E-state index in [1.165, 1.54) is 0 Å². The Bertz CT molecular complexity index is 1020. The van der Waals surface area contributed by atoms with Crippen LogP contribution in [0.25, 0.3) is 0 Å². The van der Waals surface area contributed by atoms with Gasteiger partial charge in [-0.3, -0.25) is 14.4 Å². The minimum atomic E-state index is -0.423. The number of amides is 3. The van der Waals surface area contributed by atoms with Crippen molar-refractivity contribution in [2.24, 2.45) is 11.8 Å². The first kappa shape index (κ1) is 21.8. The lowest BCUT2D eigenvalue weighted by molar-refractivity contribution is -0.138. The summed E-state index contributed by atoms with van der Waals surface area (Å²) < 4.78 is 5.38. The molecule has 1 N–H and O–H groups in total. The number of para-hydroxylation sites is 2. The summed E-state index contributed by atoms with van der Waals surface area (Å²) in [7, 11) is 1.56. The SMILES string of the molecule is COc1ccccc1N1CC(C(=O)N2CCCC(C(=O)Nc3cccc(C)n3)C2)CC1=O. The van der Waals surface area contributed by atoms with Gasteiger partial charge in [0.2, 0.25) is 17.7 Å². The fraction of sp³-hybridized carbons (Fsp3) is 0.417. The summed E-state index contributed by atoms with van der Waals surface area (Å²) in [6.07, 6.45) is 1.64. The third kappa shape index (κ3) is 4.59. The van der Waals surface area contributed by atoms with E-state index < -0.39 is 5.92 Å². The van der Waals surface area contributed by atoms with Crippen molar-refractivity contribution in [2.75, 3.05) is 37.0 Å². The number of hydrogen-bond donors (Lipinski definition) is 1. The number of hydrogen-bond acceptors (Lipinski definition) is 5. The lowest BCUT2D eigenvalue weighted by Gasteiger charge is -2.33. The van der Waals surface area contributed by atoms with Crippen LogP contribution >= 0.6 is 0 Å². The number of benzene rings is 1. The van der Waals surface area contributed by atoms with Crippen molar-refractivity contribution in [1.82, 2.24) is 9.88 Å². The van der Waals surface area contributed by atoms with Crippen LogP contribution in [0.3, 0.4) is 0 Å². The highest BCUT2D eigenvalue weighted by molar-refractivity contribution is 6.01. The van der Waals surface area contributed by atoms with Crippen LogP contribution < -0.4 is 15.0 Å². The summed E-state index contributed by atoms with van der Waals surface area (Å²) in [5, 5.41) is 2.87. The highest BCUT2D eigenvalue weighted by Crippen LogP contribution is 2.33. The van der Waals surface area contributed by atoms with Gasteiger partial charge in [-0.15, -0.1) is 0 Å². The summed E-state index contributed by atoms with van der Waals surface area (Å²) in [5.74, 6) is 0.121. The molecule has 4 rings (SSSR count). The number of methoxy groups -OCH3 is 1. The molecule has 1 aromatic carbocycles. The second-order valence-electron chi connectivity index (χ2n) is 8.35. The number of ether oxygens (including phenoxy) is 1. The van der Waals surface area contributed by atoms with Gasteiger partial charge in [0.25, 0.3) is 0 Å². The third-order valence-electron chi connectivity index (χ3n) is 6.09. The molecule has 32 heavy (non-hydrogen) atoms. The first-order valence-corrected chi connectivity index (χ1v) is 10.9. The molecule has 2 saturated heterocycles. The number of pyridine rings is 1. The first-order chi connectivity index (χ1) is 15.5. The Kier molecular flexibility index (Phi) is 6.39. The fourth-order valence-electron chi connectivity index (χ4n) is 4.45. The van der Waals surface area contributed by atoms with E-state index >= 15 is 0 Å². The highest BCUT2D eigenvalue weighted by Gasteiger charge is 2.39. The molecule has 3 heterocycles. The largest absolute Gasteiger partial charge is 0.495 e. The Morgan fingerprint density at radius 3 is 2.69 bits per heavy atom. The zero-order valence-electron chi connectivity index (χ0n) is 18.4. The van der Waals surface area contributed by atoms with Crippen LogP contribution in [0.4, 0.5) is 11.5 Å². The van der Waals surface area contributed by atoms with E-state index in [-0.39, 0.29) is 30.1 Å². The molecule has 1 aromatic heterocycles. The van der Waals surface area contributed by atoms with E-state index in [1.807, 2.05) is 37.3 Å². The minimum absolute atomic E-state index is 0.0677. The Balaban J connectivity index is 1.40. The van der Waals surface area contributed by atoms with E-state index in [2.05, 4.69) is 10.3 Å². The number of nitrogens with one attached hydrogen (secondary N) is 1. The number of aryl methyl sites for hydroxylation is 1. The summed E-state index contributed by atoms with van der Waals surface area (Å²) in [6, 6.07) is 12.8. The van der Waals surface area contributed by atoms with Gasteiger partial charge in [0.1, 0.15) is 11.6 Å². The van der Waals surface area contributed by atoms with Crippen molar-refractivity contribution in [3.63, 3.8) is 0 Å². The van der Waals surface area contributed by atoms with Crippen LogP contribution in [0, 0.1) is 18.8 Å². The predicted octanol–water partition coefficient (Wildman–Crippen LogP) is 2.63. The van der Waals surface area contributed by atoms with E-state index in [0.717, 1.165) is 18.5 Å². The number of rotatable bonds is 5. The van der Waals surface area contributed by atoms with Gasteiger partial charge in [-0.1, -0.05) is 18.2 Å². The van der Waals surface area contributed by atoms with E-state index in [0.29, 0.717) is 36.9 Å². The van der Waals surface area contributed by atoms with Gasteiger partial charge >= 0.3 is 0 Å². The molecule has 0 saturated carbocycles. The number of nitrogens with zero attached hydrogens (tertiary/aromatic N) is 3. The number of carbonyl (C=O) groups excluding carboxylic acids is 3. The van der Waals surface area contributed by atoms with Crippen molar-refractivity contribution >= 4 is 29.2 Å². The van der Waals surface area contributed by atoms with Crippen LogP contribution in [0.15, 0.2) is 42.5 Å². The summed E-state index contributed by atoms with van der Waals surface area (Å²) in [6.45, 7) is 3.15. The zero-order chi connectivity index (χ0) is 22.7. The van der Waals surface area contributed by atoms with Crippen molar-refractivity contribution < 1.29 is 19.1 Å². The van der Waals surface area contributed by atoms with E-state index in [4.69, 9.17) is 4.74 Å². The average Bonchev–Trinajstić information content (AvgIpc) is 3.20. The van der Waals surface area contributed by atoms with Gasteiger partial charge < -0.3 is 19.9 Å². The second kappa shape index (κ2) is 9.38. The van der Waals surface area contributed by atoms with Gasteiger partial charge in [0, 0.05) is 31.7 Å². The molecule has 0 bridgehead atoms. The van der Waals surface area contributed by atoms with Crippen LogP contribution in [0.2, 0.25) is 0 Å². The van der Waals surface area contributed by atoms with Crippen LogP contribution in [0.5, 0.6) is 5.75 Å². The topological polar surface area (TPSA) is 91.8 Å². The van der Waals surface area contributed by atoms with E-state index in [9.17, 15) is 14.4 Å². The molecular formula is C24H28N4O4. The predicted molar refractivity (Wildman–Crippen MR) is 120 cm³/mol. The smallest absolute Gasteiger partial charge is 0.230 e. The molecular weight excluding hydrogens is 408 g/mol. The molecule has 2 unspecified atom stereocenters. The van der Waals surface area contributed by atoms with Crippen molar-refractivity contribution in [3.05, 3.63) is 48.2 Å². The molecule has 8 nitrogen and oxygen atoms in total. The third-order valence-corrected chi connectivity index (χ3v) is 6.09. The monoisotopic (exact) mass is 436 g/mol. The molecule has 2 aliphatic rings. The average molecular weight is 437 g/mol. The quantitative estimate of drug-likeness (QED) is 0.778. The van der Waals surface area contributed by atoms with Gasteiger partial charge in [0.15, 0.2) is 0 Å². The van der Waals surface area contributed by atoms with E-state index in [1.54, 1.807) is 29.0 Å². The number of likely N-dealkylation sites (tertiary alicyclic amines) is 1. The maximum Gasteiger partial charge on any atom is 0.230 e. The number of anilines is 2. The highest BCUT2D eigenvalue weighted by atomic mass is 16.5. The number of piperidine rings is 1. The summed E-state index contributed by atoms with van der Waals surface area (Å²) in [5.41, 5.74) is 1.51. The van der Waals surface area contributed by atoms with Gasteiger partial charge in [-0.2, -0.15) is 0 Å². The van der Waals surface area contributed by atoms with Crippen molar-refractivity contribution in [2.45, 2.75) is 26.2 Å². The lowest BCUT2D eigenvalue weighted by atomic mass is 9.95. The van der Waals surface area contributed by atoms with Crippen molar-refractivity contribution in [3.8, 4) is 5.75 Å². The standard InChI is InChI=1S/C24H28N4O4/c1-16-7-5-11-21(25-16)26-23(30)17-8-6-12-27(14-17)24(31)18-13-22(29)28(15-18)19-9-3-4-10-20(19)32-2/h3-5,7,9-11,17-18H,6,8,12-15H2,1-2H3,(H,25,26,30). The lowest BCUT2D eigenvalue weighted by Crippen LogP contribution is -2.46. The molecule has 2 fully saturated rings. The Hall–Kier alpha value is -3.42. The molecule has 168 valence electrons. The summed E-state index contributed by atoms with van der Waals surface area (Å²) in [4.78, 5) is 46.3. The normalized spacial score (nSPS) is 20.9. The Morgan fingerprint density at radius 1 is 1.09 bits per heavy atom. The van der Waals surface area contributed by atoms with Crippen LogP contribution in [-0.2, 0) is 14.4 Å². The maximum atomic E-state index is 13.2. The molecule has 2 atom stereocenters. The van der Waals surface area contributed by atoms with Gasteiger partial charge in [0.05, 0.1) is 24.6 Å². The number of carbonyl (C=O) groups is 3. The van der Waals surface area contributed by atoms with Gasteiger partial charge in [-0.25, -0.2) is 4.98 Å². The van der Waals surface area contributed by atoms with Gasteiger partial charge in [-0.05, 0) is 44.0 Å². The maximum absolute atomic E-state index is 13.2. The van der Waals surface area contributed by atoms with Crippen molar-refractivity contribution in [1.29, 1.82) is 0 Å². The zero-order valence-corrected chi connectivity index (χ0v) is 18.4. The second-order valence-corrected chi connectivity index (χ2v) is 8.35. The summed E-state index contributed by atoms with van der Waals surface area (Å²) >= 11 is 0. The van der Waals surface area contributed by atoms with Crippen LogP contribution in [0.1, 0.15) is 25.0 Å². The molecule has 2 aromatic rings. The first-order valence-electron chi connectivity index (χ1n) is 10.9. The molecule has 2 aliphatic heterocycles. The molecule has 8 heteroatoms. The molecule has 0 aliphatic carbocycles. The number of aromatic nitrogens is 1. The van der Waals surface area contributed by atoms with Crippen LogP contribution in [-0.4, -0.2) is 54.3 Å². The Morgan fingerprint density at radius 2 is 1.91 bits per heavy atom. The molecule has 0 spiro atoms. The minimum Gasteiger partial charge on any atom is -0.495 e. The molecule has 3 amide bonds. The molecule has 0 radical (unpaired) electrons. The fourth-order valence-corrected chi connectivity index (χ4v) is 4.45. The Labute approximate surface area is 187 Å².